The van der Waals surface area contributed by atoms with Crippen LogP contribution in [0.4, 0.5) is 0 Å². The number of aromatic nitrogens is 3. The van der Waals surface area contributed by atoms with Crippen molar-refractivity contribution in [2.24, 2.45) is 11.3 Å². The molecule has 0 radical (unpaired) electrons. The molecule has 130 valence electrons. The smallest absolute Gasteiger partial charge is 0.402 e. The van der Waals surface area contributed by atoms with Gasteiger partial charge in [0, 0.05) is 5.56 Å². The van der Waals surface area contributed by atoms with Gasteiger partial charge in [-0.2, -0.15) is 0 Å². The Bertz CT molecular complexity index is 808. The molecule has 2 aromatic rings. The Labute approximate surface area is 148 Å². The molecule has 0 amide bonds. The second kappa shape index (κ2) is 4.95. The lowest BCUT2D eigenvalue weighted by Crippen LogP contribution is -2.73. The third kappa shape index (κ3) is 1.98. The predicted octanol–water partition coefficient (Wildman–Crippen LogP) is 3.36. The SMILES string of the molecule is CC12CCC3CC1(OB(Cn1cc(-c4ccccc4)nn1)O2)C3(C)C. The van der Waals surface area contributed by atoms with Crippen LogP contribution >= 0.6 is 0 Å². The zero-order chi connectivity index (χ0) is 17.3. The Hall–Kier alpha value is -1.66. The third-order valence-corrected chi connectivity index (χ3v) is 7.09. The second-order valence-corrected chi connectivity index (χ2v) is 8.58. The van der Waals surface area contributed by atoms with E-state index >= 15 is 0 Å². The largest absolute Gasteiger partial charge is 0.481 e. The number of fused-ring (bicyclic) bond motifs is 1. The van der Waals surface area contributed by atoms with Gasteiger partial charge in [0.15, 0.2) is 0 Å². The van der Waals surface area contributed by atoms with Crippen molar-refractivity contribution in [2.45, 2.75) is 57.7 Å². The average Bonchev–Trinajstić information content (AvgIpc) is 3.18. The zero-order valence-electron chi connectivity index (χ0n) is 15.1. The standard InChI is InChI=1S/C19H24BN3O2/c1-17(2)15-9-10-18(3)19(17,11-15)25-20(24-18)13-23-12-16(21-22-23)14-7-5-4-6-8-14/h4-8,12,15H,9-11,13H2,1-3H3. The van der Waals surface area contributed by atoms with Gasteiger partial charge in [0.25, 0.3) is 0 Å². The summed E-state index contributed by atoms with van der Waals surface area (Å²) in [6.07, 6.45) is 6.00. The number of nitrogens with zero attached hydrogens (tertiary/aromatic N) is 3. The molecule has 5 nitrogen and oxygen atoms in total. The topological polar surface area (TPSA) is 49.2 Å². The lowest BCUT2D eigenvalue weighted by atomic mass is 9.41. The predicted molar refractivity (Wildman–Crippen MR) is 95.6 cm³/mol. The minimum Gasteiger partial charge on any atom is -0.402 e. The highest BCUT2D eigenvalue weighted by atomic mass is 16.7. The first-order valence-corrected chi connectivity index (χ1v) is 9.25. The van der Waals surface area contributed by atoms with Crippen molar-refractivity contribution >= 4 is 7.12 Å². The highest BCUT2D eigenvalue weighted by Gasteiger charge is 2.76. The molecule has 3 atom stereocenters. The first-order valence-electron chi connectivity index (χ1n) is 9.25. The summed E-state index contributed by atoms with van der Waals surface area (Å²) in [7, 11) is -0.256. The van der Waals surface area contributed by atoms with Gasteiger partial charge in [0.05, 0.1) is 23.8 Å². The van der Waals surface area contributed by atoms with E-state index in [4.69, 9.17) is 9.31 Å². The second-order valence-electron chi connectivity index (χ2n) is 8.58. The fraction of sp³-hybridized carbons (Fsp3) is 0.579. The lowest BCUT2D eigenvalue weighted by Gasteiger charge is -2.69. The molecule has 6 heteroatoms. The summed E-state index contributed by atoms with van der Waals surface area (Å²) < 4.78 is 14.8. The Morgan fingerprint density at radius 3 is 2.72 bits per heavy atom. The molecular formula is C19H24BN3O2. The van der Waals surface area contributed by atoms with Crippen molar-refractivity contribution in [1.82, 2.24) is 15.0 Å². The zero-order valence-corrected chi connectivity index (χ0v) is 15.1. The first-order chi connectivity index (χ1) is 11.9. The molecule has 2 heterocycles. The summed E-state index contributed by atoms with van der Waals surface area (Å²) in [5.41, 5.74) is 1.82. The molecule has 0 N–H and O–H groups in total. The number of hydrogen-bond acceptors (Lipinski definition) is 4. The van der Waals surface area contributed by atoms with Crippen molar-refractivity contribution in [2.75, 3.05) is 0 Å². The van der Waals surface area contributed by atoms with E-state index in [9.17, 15) is 0 Å². The van der Waals surface area contributed by atoms with Crippen LogP contribution in [0.2, 0.25) is 0 Å². The molecule has 3 unspecified atom stereocenters. The van der Waals surface area contributed by atoms with Crippen LogP contribution in [0, 0.1) is 11.3 Å². The van der Waals surface area contributed by atoms with Crippen LogP contribution in [0.5, 0.6) is 0 Å². The fourth-order valence-corrected chi connectivity index (χ4v) is 5.45. The highest BCUT2D eigenvalue weighted by Crippen LogP contribution is 2.70. The van der Waals surface area contributed by atoms with Crippen LogP contribution in [-0.2, 0) is 15.8 Å². The van der Waals surface area contributed by atoms with Crippen LogP contribution < -0.4 is 0 Å². The Morgan fingerprint density at radius 1 is 1.20 bits per heavy atom. The lowest BCUT2D eigenvalue weighted by molar-refractivity contribution is -0.257. The summed E-state index contributed by atoms with van der Waals surface area (Å²) in [4.78, 5) is 0. The molecule has 1 aromatic carbocycles. The van der Waals surface area contributed by atoms with E-state index in [1.807, 2.05) is 41.2 Å². The van der Waals surface area contributed by atoms with Gasteiger partial charge in [-0.05, 0) is 37.5 Å². The summed E-state index contributed by atoms with van der Waals surface area (Å²) in [6.45, 7) is 6.92. The van der Waals surface area contributed by atoms with Crippen LogP contribution in [0.1, 0.15) is 40.0 Å². The molecule has 1 aliphatic heterocycles. The number of hydrogen-bond donors (Lipinski definition) is 0. The maximum absolute atomic E-state index is 6.55. The number of benzene rings is 1. The molecule has 2 bridgehead atoms. The van der Waals surface area contributed by atoms with Gasteiger partial charge >= 0.3 is 7.12 Å². The molecule has 3 aliphatic carbocycles. The highest BCUT2D eigenvalue weighted by molar-refractivity contribution is 6.44. The Balaban J connectivity index is 1.36. The van der Waals surface area contributed by atoms with Gasteiger partial charge in [-0.3, -0.25) is 4.68 Å². The van der Waals surface area contributed by atoms with Gasteiger partial charge in [-0.1, -0.05) is 49.4 Å². The van der Waals surface area contributed by atoms with Gasteiger partial charge < -0.3 is 9.31 Å². The molecular weight excluding hydrogens is 313 g/mol. The van der Waals surface area contributed by atoms with Gasteiger partial charge in [0.1, 0.15) is 5.69 Å². The van der Waals surface area contributed by atoms with Gasteiger partial charge in [-0.15, -0.1) is 5.10 Å². The van der Waals surface area contributed by atoms with E-state index < -0.39 is 0 Å². The molecule has 1 saturated heterocycles. The van der Waals surface area contributed by atoms with Crippen molar-refractivity contribution in [3.05, 3.63) is 36.5 Å². The van der Waals surface area contributed by atoms with Crippen molar-refractivity contribution < 1.29 is 9.31 Å². The van der Waals surface area contributed by atoms with E-state index in [1.54, 1.807) is 0 Å². The first kappa shape index (κ1) is 15.6. The van der Waals surface area contributed by atoms with E-state index in [2.05, 4.69) is 31.1 Å². The third-order valence-electron chi connectivity index (χ3n) is 7.09. The normalized spacial score (nSPS) is 35.3. The Morgan fingerprint density at radius 2 is 2.00 bits per heavy atom. The number of rotatable bonds is 3. The molecule has 1 spiro atoms. The van der Waals surface area contributed by atoms with E-state index in [0.717, 1.165) is 30.0 Å². The van der Waals surface area contributed by atoms with Crippen molar-refractivity contribution in [3.63, 3.8) is 0 Å². The van der Waals surface area contributed by atoms with Crippen molar-refractivity contribution in [3.8, 4) is 11.3 Å². The Kier molecular flexibility index (Phi) is 3.09. The van der Waals surface area contributed by atoms with Gasteiger partial charge in [-0.25, -0.2) is 0 Å². The minimum atomic E-state index is -0.256. The summed E-state index contributed by atoms with van der Waals surface area (Å²) >= 11 is 0. The summed E-state index contributed by atoms with van der Waals surface area (Å²) in [5, 5.41) is 8.57. The molecule has 4 aliphatic rings. The van der Waals surface area contributed by atoms with Crippen LogP contribution in [0.15, 0.2) is 36.5 Å². The van der Waals surface area contributed by atoms with Crippen LogP contribution in [0.3, 0.4) is 0 Å². The quantitative estimate of drug-likeness (QED) is 0.806. The monoisotopic (exact) mass is 337 g/mol. The van der Waals surface area contributed by atoms with E-state index in [1.165, 1.54) is 6.42 Å². The molecule has 3 saturated carbocycles. The molecule has 6 rings (SSSR count). The molecule has 25 heavy (non-hydrogen) atoms. The molecule has 4 fully saturated rings. The fourth-order valence-electron chi connectivity index (χ4n) is 5.45. The van der Waals surface area contributed by atoms with E-state index in [-0.39, 0.29) is 23.7 Å². The van der Waals surface area contributed by atoms with Gasteiger partial charge in [0.2, 0.25) is 0 Å². The van der Waals surface area contributed by atoms with Crippen LogP contribution in [0.25, 0.3) is 11.3 Å². The summed E-state index contributed by atoms with van der Waals surface area (Å²) in [5.74, 6) is 0.763. The average molecular weight is 337 g/mol. The minimum absolute atomic E-state index is 0.142. The summed E-state index contributed by atoms with van der Waals surface area (Å²) in [6, 6.07) is 10.1. The van der Waals surface area contributed by atoms with Crippen molar-refractivity contribution in [1.29, 1.82) is 0 Å². The maximum atomic E-state index is 6.55. The van der Waals surface area contributed by atoms with E-state index in [0.29, 0.717) is 6.44 Å². The maximum Gasteiger partial charge on any atom is 0.481 e. The molecule has 1 aromatic heterocycles. The van der Waals surface area contributed by atoms with Crippen LogP contribution in [-0.4, -0.2) is 33.3 Å².